The molecule has 0 aromatic rings. The highest BCUT2D eigenvalue weighted by Crippen LogP contribution is 2.56. The largest absolute Gasteiger partial charge is 0.489 e. The van der Waals surface area contributed by atoms with Crippen molar-refractivity contribution >= 4 is 0 Å². The Hall–Kier alpha value is -4.70. The summed E-state index contributed by atoms with van der Waals surface area (Å²) in [7, 11) is 0. The van der Waals surface area contributed by atoms with E-state index in [0.29, 0.717) is 83.5 Å². The first-order valence-electron chi connectivity index (χ1n) is 29.0. The van der Waals surface area contributed by atoms with Gasteiger partial charge in [0.05, 0.1) is 30.2 Å². The molecule has 0 amide bonds. The molecule has 70 heavy (non-hydrogen) atoms. The second-order valence-corrected chi connectivity index (χ2v) is 24.2. The summed E-state index contributed by atoms with van der Waals surface area (Å²) in [5.41, 5.74) is 7.91. The van der Waals surface area contributed by atoms with Crippen molar-refractivity contribution in [1.29, 1.82) is 0 Å². The van der Waals surface area contributed by atoms with Gasteiger partial charge in [-0.05, 0) is 193 Å². The standard InChI is InChI=1S/C66H79N3O/c1-3-17-50(18-4-1)67-40-14-16-44(28-29-46-15-7-10-25-60(46)67)47-32-37-63-58(41-47)59-43-49(48-33-38-62-57(42-48)54-21-8-11-26-61(54)68(62)51-19-5-2-6-20-51)34-39-64(59)69(63)52-35-30-45(31-36-52)53-23-13-24-56-55-22-9-12-27-65(55)70-66(53)56/h1-3,5,10-13,17,19,24-30,32-35,37-39,44,46-49,53-54,56-64,66H,4,6-9,14-16,18,20-23,31,36,40-43H2/b29-28+. The molecule has 0 spiro atoms. The summed E-state index contributed by atoms with van der Waals surface area (Å²) in [6.07, 6.45) is 83.4. The minimum absolute atomic E-state index is 0.269. The number of rotatable bonds is 6. The zero-order chi connectivity index (χ0) is 46.1. The first-order chi connectivity index (χ1) is 34.7. The van der Waals surface area contributed by atoms with Crippen LogP contribution in [0, 0.1) is 65.1 Å². The number of allylic oxidation sites excluding steroid dienone is 20. The Kier molecular flexibility index (Phi) is 11.8. The van der Waals surface area contributed by atoms with Crippen molar-refractivity contribution in [2.45, 2.75) is 152 Å². The van der Waals surface area contributed by atoms with Crippen molar-refractivity contribution in [2.24, 2.45) is 65.1 Å². The highest BCUT2D eigenvalue weighted by atomic mass is 16.5. The molecular weight excluding hydrogens is 851 g/mol. The predicted octanol–water partition coefficient (Wildman–Crippen LogP) is 14.5. The Morgan fingerprint density at radius 1 is 0.443 bits per heavy atom. The molecule has 4 aliphatic heterocycles. The summed E-state index contributed by atoms with van der Waals surface area (Å²) in [5.74, 6) is 8.12. The van der Waals surface area contributed by atoms with Crippen LogP contribution in [0.2, 0.25) is 0 Å². The third-order valence-corrected chi connectivity index (χ3v) is 20.8. The average molecular weight is 930 g/mol. The van der Waals surface area contributed by atoms with Gasteiger partial charge in [0.25, 0.3) is 0 Å². The van der Waals surface area contributed by atoms with Gasteiger partial charge in [-0.25, -0.2) is 0 Å². The van der Waals surface area contributed by atoms with Gasteiger partial charge in [0.2, 0.25) is 0 Å². The van der Waals surface area contributed by atoms with Crippen molar-refractivity contribution in [3.05, 3.63) is 180 Å². The van der Waals surface area contributed by atoms with Crippen LogP contribution in [0.3, 0.4) is 0 Å². The van der Waals surface area contributed by atoms with Gasteiger partial charge in [0.15, 0.2) is 0 Å². The van der Waals surface area contributed by atoms with Crippen LogP contribution in [0.25, 0.3) is 0 Å². The van der Waals surface area contributed by atoms with E-state index in [9.17, 15) is 0 Å². The molecule has 0 saturated carbocycles. The van der Waals surface area contributed by atoms with Gasteiger partial charge in [-0.1, -0.05) is 127 Å². The van der Waals surface area contributed by atoms with Gasteiger partial charge in [0, 0.05) is 41.4 Å². The number of fused-ring (bicyclic) bond motifs is 9. The molecule has 4 heteroatoms. The summed E-state index contributed by atoms with van der Waals surface area (Å²) in [4.78, 5) is 8.68. The molecule has 17 atom stereocenters. The number of ether oxygens (including phenoxy) is 1. The van der Waals surface area contributed by atoms with E-state index in [1.807, 2.05) is 0 Å². The Morgan fingerprint density at radius 2 is 1.07 bits per heavy atom. The van der Waals surface area contributed by atoms with Crippen LogP contribution in [0.1, 0.15) is 116 Å². The molecule has 14 rings (SSSR count). The van der Waals surface area contributed by atoms with Crippen LogP contribution >= 0.6 is 0 Å². The maximum atomic E-state index is 6.81. The fraction of sp³-hybridized carbons (Fsp3) is 0.545. The van der Waals surface area contributed by atoms with Crippen molar-refractivity contribution in [1.82, 2.24) is 14.7 Å². The Balaban J connectivity index is 0.752. The molecule has 364 valence electrons. The van der Waals surface area contributed by atoms with Crippen molar-refractivity contribution < 1.29 is 4.74 Å². The smallest absolute Gasteiger partial charge is 0.119 e. The van der Waals surface area contributed by atoms with E-state index in [2.05, 4.69) is 161 Å². The summed E-state index contributed by atoms with van der Waals surface area (Å²) in [6.45, 7) is 1.18. The summed E-state index contributed by atoms with van der Waals surface area (Å²) >= 11 is 0. The molecule has 0 bridgehead atoms. The second-order valence-electron chi connectivity index (χ2n) is 24.2. The fourth-order valence-electron chi connectivity index (χ4n) is 17.5. The molecule has 14 aliphatic rings. The van der Waals surface area contributed by atoms with Crippen LogP contribution in [-0.2, 0) is 4.74 Å². The van der Waals surface area contributed by atoms with Crippen LogP contribution in [-0.4, -0.2) is 57.6 Å². The number of hydrogen-bond acceptors (Lipinski definition) is 4. The molecule has 2 fully saturated rings. The van der Waals surface area contributed by atoms with Gasteiger partial charge in [-0.3, -0.25) is 0 Å². The van der Waals surface area contributed by atoms with E-state index in [0.717, 1.165) is 43.9 Å². The molecule has 10 aliphatic carbocycles. The summed E-state index contributed by atoms with van der Waals surface area (Å²) in [5, 5.41) is 0. The van der Waals surface area contributed by atoms with E-state index in [1.165, 1.54) is 95.8 Å². The topological polar surface area (TPSA) is 19.0 Å². The van der Waals surface area contributed by atoms with E-state index in [1.54, 1.807) is 28.2 Å². The van der Waals surface area contributed by atoms with Crippen LogP contribution in [0.15, 0.2) is 180 Å². The molecule has 0 aromatic heterocycles. The van der Waals surface area contributed by atoms with Crippen molar-refractivity contribution in [3.63, 3.8) is 0 Å². The third-order valence-electron chi connectivity index (χ3n) is 20.8. The van der Waals surface area contributed by atoms with Crippen LogP contribution in [0.5, 0.6) is 0 Å². The summed E-state index contributed by atoms with van der Waals surface area (Å²) in [6, 6.07) is 2.59. The average Bonchev–Trinajstić information content (AvgIpc) is 4.10. The Bertz CT molecular complexity index is 2530. The van der Waals surface area contributed by atoms with Gasteiger partial charge in [0.1, 0.15) is 11.9 Å². The number of likely N-dealkylation sites (tertiary alicyclic amines) is 2. The minimum Gasteiger partial charge on any atom is -0.489 e. The lowest BCUT2D eigenvalue weighted by Crippen LogP contribution is -2.40. The lowest BCUT2D eigenvalue weighted by atomic mass is 9.65. The van der Waals surface area contributed by atoms with Gasteiger partial charge in [-0.2, -0.15) is 0 Å². The van der Waals surface area contributed by atoms with Crippen LogP contribution in [0.4, 0.5) is 0 Å². The number of hydrogen-bond donors (Lipinski definition) is 0. The molecule has 0 aromatic carbocycles. The third kappa shape index (κ3) is 7.73. The molecule has 4 heterocycles. The highest BCUT2D eigenvalue weighted by molar-refractivity contribution is 5.39. The fourth-order valence-corrected chi connectivity index (χ4v) is 17.5. The lowest BCUT2D eigenvalue weighted by Gasteiger charge is -2.40. The van der Waals surface area contributed by atoms with Crippen molar-refractivity contribution in [2.75, 3.05) is 6.54 Å². The monoisotopic (exact) mass is 930 g/mol. The maximum Gasteiger partial charge on any atom is 0.119 e. The van der Waals surface area contributed by atoms with Gasteiger partial charge in [-0.15, -0.1) is 0 Å². The van der Waals surface area contributed by atoms with Gasteiger partial charge >= 0.3 is 0 Å². The highest BCUT2D eigenvalue weighted by Gasteiger charge is 2.54. The van der Waals surface area contributed by atoms with E-state index < -0.39 is 0 Å². The summed E-state index contributed by atoms with van der Waals surface area (Å²) < 4.78 is 6.81. The van der Waals surface area contributed by atoms with E-state index in [4.69, 9.17) is 4.74 Å². The predicted molar refractivity (Wildman–Crippen MR) is 286 cm³/mol. The molecule has 0 N–H and O–H groups in total. The van der Waals surface area contributed by atoms with Gasteiger partial charge < -0.3 is 19.4 Å². The Morgan fingerprint density at radius 3 is 1.79 bits per heavy atom. The molecule has 17 unspecified atom stereocenters. The van der Waals surface area contributed by atoms with E-state index in [-0.39, 0.29) is 6.10 Å². The normalized spacial score (nSPS) is 43.5. The zero-order valence-corrected chi connectivity index (χ0v) is 41.9. The molecule has 0 radical (unpaired) electrons. The molecule has 2 saturated heterocycles. The van der Waals surface area contributed by atoms with Crippen LogP contribution < -0.4 is 0 Å². The minimum atomic E-state index is 0.269. The quantitative estimate of drug-likeness (QED) is 0.247. The van der Waals surface area contributed by atoms with E-state index >= 15 is 0 Å². The van der Waals surface area contributed by atoms with Crippen molar-refractivity contribution in [3.8, 4) is 0 Å². The molecular formula is C66H79N3O. The second kappa shape index (κ2) is 18.7. The maximum absolute atomic E-state index is 6.81. The SMILES string of the molecule is C1=CCCC(N2CCCC(C3C=CC4C(C3)C3CC(C5C=CC6C(C5)C5CCC=CC5N6C5=CC=CCC5)C=CC3N4C3=CC=C(C4CC=CC5C6=C(C=CCC6)OC54)CC3)/C=C/C3CCC=CC32)=C1. The Labute approximate surface area is 420 Å². The molecule has 4 nitrogen and oxygen atoms in total. The lowest BCUT2D eigenvalue weighted by molar-refractivity contribution is 0.0837. The zero-order valence-electron chi connectivity index (χ0n) is 41.9. The number of nitrogens with zero attached hydrogens (tertiary/aromatic N) is 3. The first kappa shape index (κ1) is 44.0. The first-order valence-corrected chi connectivity index (χ1v) is 29.0.